The lowest BCUT2D eigenvalue weighted by Crippen LogP contribution is -2.37. The van der Waals surface area contributed by atoms with Gasteiger partial charge in [0, 0.05) is 20.2 Å². The largest absolute Gasteiger partial charge is 0.384 e. The summed E-state index contributed by atoms with van der Waals surface area (Å²) in [5.74, 6) is 0.954. The quantitative estimate of drug-likeness (QED) is 0.456. The van der Waals surface area contributed by atoms with Crippen LogP contribution in [0.1, 0.15) is 18.4 Å². The fraction of sp³-hybridized carbons (Fsp3) is 0.500. The van der Waals surface area contributed by atoms with E-state index in [4.69, 9.17) is 16.3 Å². The summed E-state index contributed by atoms with van der Waals surface area (Å²) in [6, 6.07) is 6.03. The van der Waals surface area contributed by atoms with E-state index >= 15 is 0 Å². The first kappa shape index (κ1) is 22.2. The number of anilines is 4. The molecule has 0 atom stereocenters. The molecule has 10 heteroatoms. The standard InChI is InChI=1S/C20H28ClN7O2/c1-27-9-6-15(7-10-27)23-19-18(28(2)26-29)13-22-20(25-19)24-17-12-14(8-11-30-3)4-5-16(17)21/h4-5,12-13,15H,6-11H2,1-3H3,(H2,22,23,24,25). The highest BCUT2D eigenvalue weighted by Gasteiger charge is 2.20. The molecule has 1 aliphatic rings. The molecule has 0 amide bonds. The average Bonchev–Trinajstić information content (AvgIpc) is 2.75. The zero-order valence-corrected chi connectivity index (χ0v) is 18.3. The van der Waals surface area contributed by atoms with Gasteiger partial charge in [-0.3, -0.25) is 0 Å². The third-order valence-corrected chi connectivity index (χ3v) is 5.50. The predicted octanol–water partition coefficient (Wildman–Crippen LogP) is 3.69. The molecule has 2 aromatic rings. The summed E-state index contributed by atoms with van der Waals surface area (Å²) in [6.07, 6.45) is 4.35. The summed E-state index contributed by atoms with van der Waals surface area (Å²) >= 11 is 6.36. The smallest absolute Gasteiger partial charge is 0.229 e. The molecule has 9 nitrogen and oxygen atoms in total. The first-order valence-electron chi connectivity index (χ1n) is 9.93. The monoisotopic (exact) mass is 433 g/mol. The van der Waals surface area contributed by atoms with E-state index in [1.54, 1.807) is 20.4 Å². The highest BCUT2D eigenvalue weighted by molar-refractivity contribution is 6.33. The summed E-state index contributed by atoms with van der Waals surface area (Å²) in [5, 5.41) is 11.4. The maximum atomic E-state index is 11.1. The lowest BCUT2D eigenvalue weighted by atomic mass is 10.1. The van der Waals surface area contributed by atoms with E-state index in [1.807, 2.05) is 18.2 Å². The van der Waals surface area contributed by atoms with E-state index in [9.17, 15) is 4.91 Å². The zero-order valence-electron chi connectivity index (χ0n) is 17.6. The van der Waals surface area contributed by atoms with Gasteiger partial charge in [0.1, 0.15) is 5.69 Å². The molecule has 0 bridgehead atoms. The van der Waals surface area contributed by atoms with Gasteiger partial charge in [-0.25, -0.2) is 9.99 Å². The summed E-state index contributed by atoms with van der Waals surface area (Å²) < 4.78 is 5.15. The molecule has 30 heavy (non-hydrogen) atoms. The van der Waals surface area contributed by atoms with Crippen LogP contribution in [0.3, 0.4) is 0 Å². The van der Waals surface area contributed by atoms with Crippen LogP contribution in [-0.2, 0) is 11.2 Å². The fourth-order valence-corrected chi connectivity index (χ4v) is 3.50. The minimum absolute atomic E-state index is 0.267. The summed E-state index contributed by atoms with van der Waals surface area (Å²) in [6.45, 7) is 2.64. The number of hydrogen-bond donors (Lipinski definition) is 2. The molecule has 1 aromatic carbocycles. The second kappa shape index (κ2) is 10.5. The molecule has 1 fully saturated rings. The van der Waals surface area contributed by atoms with Crippen LogP contribution in [0.4, 0.5) is 23.1 Å². The van der Waals surface area contributed by atoms with Crippen molar-refractivity contribution in [3.63, 3.8) is 0 Å². The van der Waals surface area contributed by atoms with Crippen LogP contribution in [0.5, 0.6) is 0 Å². The molecular formula is C20H28ClN7O2. The van der Waals surface area contributed by atoms with Crippen LogP contribution >= 0.6 is 11.6 Å². The lowest BCUT2D eigenvalue weighted by molar-refractivity contribution is 0.202. The Morgan fingerprint density at radius 3 is 2.83 bits per heavy atom. The van der Waals surface area contributed by atoms with Crippen molar-refractivity contribution in [3.05, 3.63) is 39.9 Å². The number of likely N-dealkylation sites (tertiary alicyclic amines) is 1. The van der Waals surface area contributed by atoms with Crippen LogP contribution in [-0.4, -0.2) is 61.8 Å². The minimum atomic E-state index is 0.267. The maximum absolute atomic E-state index is 11.1. The molecule has 0 saturated carbocycles. The van der Waals surface area contributed by atoms with Crippen molar-refractivity contribution < 1.29 is 4.74 Å². The molecule has 1 aliphatic heterocycles. The number of nitrogens with zero attached hydrogens (tertiary/aromatic N) is 5. The minimum Gasteiger partial charge on any atom is -0.384 e. The Bertz CT molecular complexity index is 859. The van der Waals surface area contributed by atoms with Crippen molar-refractivity contribution in [2.24, 2.45) is 5.29 Å². The van der Waals surface area contributed by atoms with Gasteiger partial charge in [0.15, 0.2) is 5.82 Å². The SMILES string of the molecule is COCCc1ccc(Cl)c(Nc2ncc(N(C)N=O)c(NC3CCN(C)CC3)n2)c1. The van der Waals surface area contributed by atoms with Gasteiger partial charge in [-0.2, -0.15) is 4.98 Å². The number of nitrogens with one attached hydrogen (secondary N) is 2. The van der Waals surface area contributed by atoms with Crippen molar-refractivity contribution in [1.29, 1.82) is 0 Å². The van der Waals surface area contributed by atoms with Crippen molar-refractivity contribution in [3.8, 4) is 0 Å². The normalized spacial score (nSPS) is 15.1. The Morgan fingerprint density at radius 1 is 1.37 bits per heavy atom. The van der Waals surface area contributed by atoms with Crippen LogP contribution in [0, 0.1) is 4.91 Å². The molecule has 2 heterocycles. The van der Waals surface area contributed by atoms with E-state index in [0.29, 0.717) is 34.8 Å². The fourth-order valence-electron chi connectivity index (χ4n) is 3.33. The number of rotatable bonds is 9. The van der Waals surface area contributed by atoms with E-state index < -0.39 is 0 Å². The number of methoxy groups -OCH3 is 1. The summed E-state index contributed by atoms with van der Waals surface area (Å²) in [7, 11) is 5.37. The Balaban J connectivity index is 1.82. The van der Waals surface area contributed by atoms with E-state index in [1.165, 1.54) is 5.01 Å². The van der Waals surface area contributed by atoms with E-state index in [0.717, 1.165) is 37.9 Å². The third-order valence-electron chi connectivity index (χ3n) is 5.17. The van der Waals surface area contributed by atoms with E-state index in [-0.39, 0.29) is 6.04 Å². The molecule has 2 N–H and O–H groups in total. The second-order valence-corrected chi connectivity index (χ2v) is 7.84. The van der Waals surface area contributed by atoms with Gasteiger partial charge in [-0.05, 0) is 57.1 Å². The van der Waals surface area contributed by atoms with Crippen LogP contribution in [0.2, 0.25) is 5.02 Å². The Kier molecular flexibility index (Phi) is 7.78. The Labute approximate surface area is 181 Å². The summed E-state index contributed by atoms with van der Waals surface area (Å²) in [5.41, 5.74) is 2.33. The first-order valence-corrected chi connectivity index (χ1v) is 10.3. The molecule has 0 aliphatic carbocycles. The van der Waals surface area contributed by atoms with Gasteiger partial charge in [-0.1, -0.05) is 17.7 Å². The number of halogens is 1. The highest BCUT2D eigenvalue weighted by Crippen LogP contribution is 2.29. The molecule has 1 aromatic heterocycles. The van der Waals surface area contributed by atoms with Gasteiger partial charge in [0.25, 0.3) is 0 Å². The number of aromatic nitrogens is 2. The molecule has 0 radical (unpaired) electrons. The Hall–Kier alpha value is -2.49. The third kappa shape index (κ3) is 5.78. The van der Waals surface area contributed by atoms with Gasteiger partial charge in [0.2, 0.25) is 5.95 Å². The maximum Gasteiger partial charge on any atom is 0.229 e. The molecule has 3 rings (SSSR count). The number of piperidine rings is 1. The zero-order chi connectivity index (χ0) is 21.5. The number of ether oxygens (including phenoxy) is 1. The van der Waals surface area contributed by atoms with Crippen molar-refractivity contribution in [2.75, 3.05) is 56.5 Å². The topological polar surface area (TPSA) is 95.0 Å². The number of benzene rings is 1. The van der Waals surface area contributed by atoms with Crippen LogP contribution in [0.15, 0.2) is 29.7 Å². The lowest BCUT2D eigenvalue weighted by Gasteiger charge is -2.30. The molecular weight excluding hydrogens is 406 g/mol. The average molecular weight is 434 g/mol. The molecule has 0 spiro atoms. The van der Waals surface area contributed by atoms with E-state index in [2.05, 4.69) is 37.8 Å². The van der Waals surface area contributed by atoms with Crippen molar-refractivity contribution >= 4 is 34.7 Å². The van der Waals surface area contributed by atoms with Crippen molar-refractivity contribution in [1.82, 2.24) is 14.9 Å². The molecule has 1 saturated heterocycles. The Morgan fingerprint density at radius 2 is 2.13 bits per heavy atom. The summed E-state index contributed by atoms with van der Waals surface area (Å²) in [4.78, 5) is 22.3. The van der Waals surface area contributed by atoms with Gasteiger partial charge >= 0.3 is 0 Å². The highest BCUT2D eigenvalue weighted by atomic mass is 35.5. The van der Waals surface area contributed by atoms with Gasteiger partial charge < -0.3 is 20.3 Å². The number of hydrogen-bond acceptors (Lipinski definition) is 8. The molecule has 0 unspecified atom stereocenters. The van der Waals surface area contributed by atoms with Gasteiger partial charge in [0.05, 0.1) is 28.8 Å². The molecule has 162 valence electrons. The van der Waals surface area contributed by atoms with Crippen LogP contribution < -0.4 is 15.6 Å². The van der Waals surface area contributed by atoms with Crippen LogP contribution in [0.25, 0.3) is 0 Å². The second-order valence-electron chi connectivity index (χ2n) is 7.44. The van der Waals surface area contributed by atoms with Gasteiger partial charge in [-0.15, -0.1) is 4.91 Å². The first-order chi connectivity index (χ1) is 14.5. The predicted molar refractivity (Wildman–Crippen MR) is 121 cm³/mol. The van der Waals surface area contributed by atoms with Crippen molar-refractivity contribution in [2.45, 2.75) is 25.3 Å². The number of nitroso groups, excluding NO2 is 1.